The Labute approximate surface area is 197 Å². The van der Waals surface area contributed by atoms with Gasteiger partial charge in [0.1, 0.15) is 11.9 Å². The summed E-state index contributed by atoms with van der Waals surface area (Å²) in [6.07, 6.45) is 0. The SMILES string of the molecule is Cc1ccc(C(=O)N2N[C@H](c3ccc(F)cc3)[C@H]3C(=O)N(c4ccc(C)c(C)c4)C(=O)[C@@H]32)cc1. The van der Waals surface area contributed by atoms with Gasteiger partial charge in [-0.1, -0.05) is 35.9 Å². The van der Waals surface area contributed by atoms with Gasteiger partial charge in [-0.15, -0.1) is 0 Å². The molecule has 2 fully saturated rings. The fraction of sp³-hybridized carbons (Fsp3) is 0.222. The highest BCUT2D eigenvalue weighted by atomic mass is 19.1. The van der Waals surface area contributed by atoms with E-state index in [-0.39, 0.29) is 5.91 Å². The standard InChI is InChI=1S/C27H24FN3O3/c1-15-4-7-19(8-5-15)25(32)31-24-22(23(29-31)18-9-11-20(28)12-10-18)26(33)30(27(24)34)21-13-6-16(2)17(3)14-21/h4-14,22-24,29H,1-3H3/t22-,23-,24-/m1/s1. The van der Waals surface area contributed by atoms with Crippen LogP contribution in [0.4, 0.5) is 10.1 Å². The number of nitrogens with zero attached hydrogens (tertiary/aromatic N) is 2. The van der Waals surface area contributed by atoms with Gasteiger partial charge in [0, 0.05) is 5.56 Å². The number of hydrogen-bond acceptors (Lipinski definition) is 4. The maximum absolute atomic E-state index is 13.6. The summed E-state index contributed by atoms with van der Waals surface area (Å²) in [4.78, 5) is 41.9. The van der Waals surface area contributed by atoms with Gasteiger partial charge in [0.25, 0.3) is 11.8 Å². The quantitative estimate of drug-likeness (QED) is 0.604. The van der Waals surface area contributed by atoms with Gasteiger partial charge in [-0.25, -0.2) is 14.7 Å². The van der Waals surface area contributed by atoms with Crippen molar-refractivity contribution in [2.24, 2.45) is 5.92 Å². The predicted molar refractivity (Wildman–Crippen MR) is 125 cm³/mol. The van der Waals surface area contributed by atoms with Gasteiger partial charge >= 0.3 is 0 Å². The highest BCUT2D eigenvalue weighted by Crippen LogP contribution is 2.42. The molecule has 0 aromatic heterocycles. The molecule has 0 saturated carbocycles. The van der Waals surface area contributed by atoms with Crippen molar-refractivity contribution in [3.63, 3.8) is 0 Å². The van der Waals surface area contributed by atoms with Crippen molar-refractivity contribution in [3.05, 3.63) is 100 Å². The highest BCUT2D eigenvalue weighted by molar-refractivity contribution is 6.25. The summed E-state index contributed by atoms with van der Waals surface area (Å²) in [5, 5.41) is 1.27. The summed E-state index contributed by atoms with van der Waals surface area (Å²) in [6.45, 7) is 5.79. The molecule has 5 rings (SSSR count). The normalized spacial score (nSPS) is 21.8. The summed E-state index contributed by atoms with van der Waals surface area (Å²) >= 11 is 0. The molecule has 2 aliphatic rings. The van der Waals surface area contributed by atoms with E-state index in [0.717, 1.165) is 16.7 Å². The zero-order valence-corrected chi connectivity index (χ0v) is 19.1. The zero-order chi connectivity index (χ0) is 24.1. The Morgan fingerprint density at radius 3 is 2.18 bits per heavy atom. The van der Waals surface area contributed by atoms with Crippen LogP contribution in [0, 0.1) is 32.5 Å². The second-order valence-corrected chi connectivity index (χ2v) is 8.95. The van der Waals surface area contributed by atoms with E-state index in [1.54, 1.807) is 36.4 Å². The van der Waals surface area contributed by atoms with Gasteiger partial charge in [-0.3, -0.25) is 19.4 Å². The summed E-state index contributed by atoms with van der Waals surface area (Å²) in [5.41, 5.74) is 7.60. The van der Waals surface area contributed by atoms with Crippen molar-refractivity contribution in [2.45, 2.75) is 32.9 Å². The van der Waals surface area contributed by atoms with E-state index in [1.165, 1.54) is 22.0 Å². The maximum atomic E-state index is 13.6. The molecule has 7 heteroatoms. The molecular weight excluding hydrogens is 433 g/mol. The molecule has 3 atom stereocenters. The number of hydrogen-bond donors (Lipinski definition) is 1. The van der Waals surface area contributed by atoms with E-state index in [2.05, 4.69) is 5.43 Å². The lowest BCUT2D eigenvalue weighted by Crippen LogP contribution is -2.48. The molecule has 1 N–H and O–H groups in total. The Balaban J connectivity index is 1.58. The van der Waals surface area contributed by atoms with Crippen LogP contribution in [0.1, 0.15) is 38.7 Å². The van der Waals surface area contributed by atoms with Crippen molar-refractivity contribution in [1.82, 2.24) is 10.4 Å². The lowest BCUT2D eigenvalue weighted by Gasteiger charge is -2.25. The van der Waals surface area contributed by atoms with E-state index in [0.29, 0.717) is 16.8 Å². The van der Waals surface area contributed by atoms with Crippen molar-refractivity contribution in [1.29, 1.82) is 0 Å². The number of fused-ring (bicyclic) bond motifs is 1. The van der Waals surface area contributed by atoms with Gasteiger partial charge in [0.15, 0.2) is 0 Å². The molecule has 3 aromatic carbocycles. The number of hydrazine groups is 1. The summed E-state index contributed by atoms with van der Waals surface area (Å²) in [7, 11) is 0. The second kappa shape index (κ2) is 8.18. The molecule has 0 unspecified atom stereocenters. The first-order valence-corrected chi connectivity index (χ1v) is 11.1. The lowest BCUT2D eigenvalue weighted by molar-refractivity contribution is -0.123. The predicted octanol–water partition coefficient (Wildman–Crippen LogP) is 4.01. The average Bonchev–Trinajstić information content (AvgIpc) is 3.33. The smallest absolute Gasteiger partial charge is 0.268 e. The van der Waals surface area contributed by atoms with Crippen LogP contribution in [0.25, 0.3) is 0 Å². The number of imide groups is 1. The topological polar surface area (TPSA) is 69.7 Å². The molecule has 0 bridgehead atoms. The minimum absolute atomic E-state index is 0.390. The molecule has 34 heavy (non-hydrogen) atoms. The fourth-order valence-corrected chi connectivity index (χ4v) is 4.68. The molecule has 0 radical (unpaired) electrons. The number of halogens is 1. The second-order valence-electron chi connectivity index (χ2n) is 8.95. The molecule has 2 aliphatic heterocycles. The zero-order valence-electron chi connectivity index (χ0n) is 19.1. The molecule has 2 saturated heterocycles. The Hall–Kier alpha value is -3.84. The van der Waals surface area contributed by atoms with Crippen LogP contribution in [0.3, 0.4) is 0 Å². The van der Waals surface area contributed by atoms with Crippen LogP contribution in [-0.4, -0.2) is 28.8 Å². The number of carbonyl (C=O) groups excluding carboxylic acids is 3. The van der Waals surface area contributed by atoms with E-state index < -0.39 is 35.6 Å². The van der Waals surface area contributed by atoms with Gasteiger partial charge in [0.2, 0.25) is 5.91 Å². The van der Waals surface area contributed by atoms with Crippen LogP contribution in [0.2, 0.25) is 0 Å². The summed E-state index contributed by atoms with van der Waals surface area (Å²) < 4.78 is 13.6. The number of carbonyl (C=O) groups is 3. The van der Waals surface area contributed by atoms with Crippen LogP contribution in [0.5, 0.6) is 0 Å². The van der Waals surface area contributed by atoms with E-state index in [4.69, 9.17) is 0 Å². The Morgan fingerprint density at radius 1 is 0.853 bits per heavy atom. The van der Waals surface area contributed by atoms with E-state index >= 15 is 0 Å². The molecular formula is C27H24FN3O3. The minimum atomic E-state index is -1.02. The van der Waals surface area contributed by atoms with Crippen LogP contribution in [0.15, 0.2) is 66.7 Å². The van der Waals surface area contributed by atoms with Crippen molar-refractivity contribution < 1.29 is 18.8 Å². The molecule has 2 heterocycles. The molecule has 3 amide bonds. The van der Waals surface area contributed by atoms with Crippen LogP contribution >= 0.6 is 0 Å². The number of benzene rings is 3. The van der Waals surface area contributed by atoms with Gasteiger partial charge in [-0.2, -0.15) is 0 Å². The molecule has 3 aromatic rings. The maximum Gasteiger partial charge on any atom is 0.268 e. The van der Waals surface area contributed by atoms with E-state index in [1.807, 2.05) is 39.0 Å². The number of aryl methyl sites for hydroxylation is 3. The van der Waals surface area contributed by atoms with Gasteiger partial charge < -0.3 is 0 Å². The first-order chi connectivity index (χ1) is 16.3. The van der Waals surface area contributed by atoms with Crippen molar-refractivity contribution in [2.75, 3.05) is 4.90 Å². The first-order valence-electron chi connectivity index (χ1n) is 11.1. The molecule has 0 spiro atoms. The molecule has 6 nitrogen and oxygen atoms in total. The fourth-order valence-electron chi connectivity index (χ4n) is 4.68. The average molecular weight is 458 g/mol. The largest absolute Gasteiger partial charge is 0.274 e. The Morgan fingerprint density at radius 2 is 1.53 bits per heavy atom. The van der Waals surface area contributed by atoms with E-state index in [9.17, 15) is 18.8 Å². The number of anilines is 1. The van der Waals surface area contributed by atoms with Gasteiger partial charge in [-0.05, 0) is 73.9 Å². The number of rotatable bonds is 3. The van der Waals surface area contributed by atoms with Crippen molar-refractivity contribution >= 4 is 23.4 Å². The van der Waals surface area contributed by atoms with Gasteiger partial charge in [0.05, 0.1) is 17.6 Å². The van der Waals surface area contributed by atoms with Crippen LogP contribution in [-0.2, 0) is 9.59 Å². The first kappa shape index (κ1) is 22.0. The third kappa shape index (κ3) is 3.49. The Bertz CT molecular complexity index is 1300. The summed E-state index contributed by atoms with van der Waals surface area (Å²) in [6, 6.07) is 16.5. The van der Waals surface area contributed by atoms with Crippen LogP contribution < -0.4 is 10.3 Å². The summed E-state index contributed by atoms with van der Waals surface area (Å²) in [5.74, 6) is -2.50. The van der Waals surface area contributed by atoms with Crippen molar-refractivity contribution in [3.8, 4) is 0 Å². The molecule has 172 valence electrons. The lowest BCUT2D eigenvalue weighted by atomic mass is 9.91. The monoisotopic (exact) mass is 457 g/mol. The Kier molecular flexibility index (Phi) is 5.29. The minimum Gasteiger partial charge on any atom is -0.274 e. The highest BCUT2D eigenvalue weighted by Gasteiger charge is 2.60. The number of nitrogens with one attached hydrogen (secondary N) is 1. The number of amides is 3. The third-order valence-electron chi connectivity index (χ3n) is 6.73. The molecule has 0 aliphatic carbocycles. The third-order valence-corrected chi connectivity index (χ3v) is 6.73.